The number of aromatic nitrogens is 3. The predicted molar refractivity (Wildman–Crippen MR) is 79.9 cm³/mol. The second-order valence-corrected chi connectivity index (χ2v) is 5.10. The number of hydrogen-bond acceptors (Lipinski definition) is 4. The Morgan fingerprint density at radius 3 is 2.65 bits per heavy atom. The molecule has 0 radical (unpaired) electrons. The van der Waals surface area contributed by atoms with Crippen molar-refractivity contribution < 1.29 is 18.3 Å². The molecule has 3 rings (SSSR count). The molecule has 7 heteroatoms. The Morgan fingerprint density at radius 1 is 1.22 bits per heavy atom. The minimum absolute atomic E-state index is 0.429. The van der Waals surface area contributed by atoms with E-state index in [0.717, 1.165) is 18.2 Å². The van der Waals surface area contributed by atoms with Crippen molar-refractivity contribution in [1.29, 1.82) is 0 Å². The summed E-state index contributed by atoms with van der Waals surface area (Å²) in [5, 5.41) is 4.58. The summed E-state index contributed by atoms with van der Waals surface area (Å²) in [7, 11) is 2.71. The van der Waals surface area contributed by atoms with Crippen LogP contribution in [0.3, 0.4) is 0 Å². The third-order valence-corrected chi connectivity index (χ3v) is 3.52. The van der Waals surface area contributed by atoms with E-state index in [1.807, 2.05) is 0 Å². The molecule has 2 heterocycles. The molecular weight excluding hydrogens is 304 g/mol. The van der Waals surface area contributed by atoms with Crippen LogP contribution in [0.2, 0.25) is 0 Å². The second kappa shape index (κ2) is 5.42. The average Bonchev–Trinajstić information content (AvgIpc) is 2.99. The van der Waals surface area contributed by atoms with E-state index in [1.54, 1.807) is 36.4 Å². The summed E-state index contributed by atoms with van der Waals surface area (Å²) in [5.41, 5.74) is 1.71. The van der Waals surface area contributed by atoms with Gasteiger partial charge in [-0.1, -0.05) is 6.07 Å². The van der Waals surface area contributed by atoms with Crippen molar-refractivity contribution in [2.75, 3.05) is 7.11 Å². The first-order valence-corrected chi connectivity index (χ1v) is 6.77. The minimum Gasteiger partial charge on any atom is -0.464 e. The number of carbonyl (C=O) groups excluding carboxylic acids is 1. The van der Waals surface area contributed by atoms with Crippen molar-refractivity contribution in [1.82, 2.24) is 14.8 Å². The van der Waals surface area contributed by atoms with Crippen LogP contribution in [0.1, 0.15) is 5.56 Å². The van der Waals surface area contributed by atoms with Crippen LogP contribution in [0, 0.1) is 0 Å². The minimum atomic E-state index is -3.70. The molecular formula is C16H13F2N3O2. The van der Waals surface area contributed by atoms with E-state index in [2.05, 4.69) is 14.8 Å². The van der Waals surface area contributed by atoms with Gasteiger partial charge in [0.2, 0.25) is 0 Å². The van der Waals surface area contributed by atoms with Crippen LogP contribution in [-0.2, 0) is 22.5 Å². The molecule has 0 spiro atoms. The van der Waals surface area contributed by atoms with Crippen molar-refractivity contribution in [3.05, 3.63) is 48.4 Å². The summed E-state index contributed by atoms with van der Waals surface area (Å²) < 4.78 is 33.8. The fraction of sp³-hybridized carbons (Fsp3) is 0.188. The maximum atomic E-state index is 14.0. The summed E-state index contributed by atoms with van der Waals surface area (Å²) in [4.78, 5) is 15.5. The van der Waals surface area contributed by atoms with Crippen LogP contribution in [0.25, 0.3) is 22.0 Å². The van der Waals surface area contributed by atoms with E-state index < -0.39 is 17.5 Å². The Morgan fingerprint density at radius 2 is 2.00 bits per heavy atom. The largest absolute Gasteiger partial charge is 0.464 e. The maximum Gasteiger partial charge on any atom is 0.381 e. The lowest BCUT2D eigenvalue weighted by Gasteiger charge is -2.14. The van der Waals surface area contributed by atoms with Crippen LogP contribution >= 0.6 is 0 Å². The monoisotopic (exact) mass is 317 g/mol. The van der Waals surface area contributed by atoms with Crippen LogP contribution < -0.4 is 0 Å². The van der Waals surface area contributed by atoms with Crippen molar-refractivity contribution >= 4 is 16.9 Å². The lowest BCUT2D eigenvalue weighted by molar-refractivity contribution is -0.170. The number of rotatable bonds is 3. The molecule has 5 nitrogen and oxygen atoms in total. The molecule has 118 valence electrons. The number of methoxy groups -OCH3 is 1. The van der Waals surface area contributed by atoms with Gasteiger partial charge in [-0.2, -0.15) is 13.9 Å². The highest BCUT2D eigenvalue weighted by Gasteiger charge is 2.42. The Hall–Kier alpha value is -2.83. The second-order valence-electron chi connectivity index (χ2n) is 5.10. The summed E-state index contributed by atoms with van der Waals surface area (Å²) in [6.45, 7) is 0. The number of pyridine rings is 1. The fourth-order valence-corrected chi connectivity index (χ4v) is 2.30. The molecule has 0 N–H and O–H groups in total. The molecule has 1 aromatic carbocycles. The van der Waals surface area contributed by atoms with Crippen LogP contribution in [0.4, 0.5) is 8.78 Å². The van der Waals surface area contributed by atoms with Crippen LogP contribution in [-0.4, -0.2) is 27.8 Å². The van der Waals surface area contributed by atoms with Gasteiger partial charge in [0.25, 0.3) is 0 Å². The van der Waals surface area contributed by atoms with Gasteiger partial charge >= 0.3 is 11.9 Å². The summed E-state index contributed by atoms with van der Waals surface area (Å²) in [6, 6.07) is 5.61. The predicted octanol–water partition coefficient (Wildman–Crippen LogP) is 2.90. The van der Waals surface area contributed by atoms with E-state index in [0.29, 0.717) is 10.9 Å². The Labute approximate surface area is 130 Å². The highest BCUT2D eigenvalue weighted by Crippen LogP contribution is 2.32. The van der Waals surface area contributed by atoms with E-state index in [9.17, 15) is 13.6 Å². The Bertz CT molecular complexity index is 890. The zero-order chi connectivity index (χ0) is 16.6. The van der Waals surface area contributed by atoms with Gasteiger partial charge in [-0.15, -0.1) is 0 Å². The molecule has 0 aliphatic rings. The highest BCUT2D eigenvalue weighted by atomic mass is 19.3. The first-order valence-electron chi connectivity index (χ1n) is 6.77. The smallest absolute Gasteiger partial charge is 0.381 e. The van der Waals surface area contributed by atoms with Crippen molar-refractivity contribution in [2.45, 2.75) is 5.92 Å². The van der Waals surface area contributed by atoms with Crippen LogP contribution in [0.15, 0.2) is 42.9 Å². The zero-order valence-corrected chi connectivity index (χ0v) is 12.5. The fourth-order valence-electron chi connectivity index (χ4n) is 2.30. The number of halogens is 2. The van der Waals surface area contributed by atoms with Crippen molar-refractivity contribution in [3.63, 3.8) is 0 Å². The number of aryl methyl sites for hydroxylation is 1. The molecule has 0 bridgehead atoms. The van der Waals surface area contributed by atoms with Gasteiger partial charge in [-0.25, -0.2) is 4.79 Å². The Balaban J connectivity index is 2.09. The Kier molecular flexibility index (Phi) is 3.55. The van der Waals surface area contributed by atoms with Gasteiger partial charge in [-0.05, 0) is 18.2 Å². The molecule has 23 heavy (non-hydrogen) atoms. The number of esters is 1. The zero-order valence-electron chi connectivity index (χ0n) is 12.5. The van der Waals surface area contributed by atoms with Crippen molar-refractivity contribution in [2.24, 2.45) is 7.05 Å². The normalized spacial score (nSPS) is 11.7. The molecule has 2 aromatic heterocycles. The number of alkyl halides is 2. The number of fused-ring (bicyclic) bond motifs is 1. The number of ether oxygens (including phenoxy) is 1. The summed E-state index contributed by atoms with van der Waals surface area (Å²) in [5.74, 6) is -5.29. The first-order chi connectivity index (χ1) is 10.9. The molecule has 0 fully saturated rings. The van der Waals surface area contributed by atoms with Gasteiger partial charge in [0, 0.05) is 41.5 Å². The quantitative estimate of drug-likeness (QED) is 0.697. The molecule has 3 aromatic rings. The SMILES string of the molecule is COC(=O)C(F)(F)c1ccc2ncc(-c3cnn(C)c3)cc2c1. The molecule has 0 unspecified atom stereocenters. The highest BCUT2D eigenvalue weighted by molar-refractivity contribution is 5.86. The third kappa shape index (κ3) is 2.65. The molecule has 0 saturated heterocycles. The number of hydrogen-bond donors (Lipinski definition) is 0. The van der Waals surface area contributed by atoms with Gasteiger partial charge < -0.3 is 4.74 Å². The van der Waals surface area contributed by atoms with Gasteiger partial charge in [0.1, 0.15) is 0 Å². The molecule has 0 aliphatic carbocycles. The standard InChI is InChI=1S/C16H13F2N3O2/c1-21-9-12(8-20-21)11-5-10-6-13(3-4-14(10)19-7-11)16(17,18)15(22)23-2/h3-9H,1-2H3. The molecule has 0 amide bonds. The summed E-state index contributed by atoms with van der Waals surface area (Å²) in [6.07, 6.45) is 5.11. The van der Waals surface area contributed by atoms with Gasteiger partial charge in [0.15, 0.2) is 0 Å². The van der Waals surface area contributed by atoms with E-state index >= 15 is 0 Å². The molecule has 0 aliphatic heterocycles. The molecule has 0 atom stereocenters. The van der Waals surface area contributed by atoms with Gasteiger partial charge in [0.05, 0.1) is 18.8 Å². The van der Waals surface area contributed by atoms with E-state index in [-0.39, 0.29) is 0 Å². The van der Waals surface area contributed by atoms with Crippen LogP contribution in [0.5, 0.6) is 0 Å². The van der Waals surface area contributed by atoms with E-state index in [4.69, 9.17) is 0 Å². The van der Waals surface area contributed by atoms with E-state index in [1.165, 1.54) is 18.2 Å². The third-order valence-electron chi connectivity index (χ3n) is 3.52. The maximum absolute atomic E-state index is 14.0. The first kappa shape index (κ1) is 15.1. The van der Waals surface area contributed by atoms with Crippen molar-refractivity contribution in [3.8, 4) is 11.1 Å². The number of carbonyl (C=O) groups is 1. The lowest BCUT2D eigenvalue weighted by Crippen LogP contribution is -2.27. The van der Waals surface area contributed by atoms with Gasteiger partial charge in [-0.3, -0.25) is 9.67 Å². The summed E-state index contributed by atoms with van der Waals surface area (Å²) >= 11 is 0. The lowest BCUT2D eigenvalue weighted by atomic mass is 10.0. The average molecular weight is 317 g/mol. The molecule has 0 saturated carbocycles. The topological polar surface area (TPSA) is 57.0 Å². The number of nitrogens with zero attached hydrogens (tertiary/aromatic N) is 3. The number of benzene rings is 1.